The molecule has 0 radical (unpaired) electrons. The molecular formula is C14H21N3O2. The van der Waals surface area contributed by atoms with Gasteiger partial charge in [-0.05, 0) is 30.7 Å². The van der Waals surface area contributed by atoms with Gasteiger partial charge >= 0.3 is 0 Å². The van der Waals surface area contributed by atoms with Crippen molar-refractivity contribution in [1.82, 2.24) is 14.7 Å². The molecule has 0 aliphatic heterocycles. The molecule has 0 N–H and O–H groups in total. The molecule has 5 heteroatoms. The zero-order valence-corrected chi connectivity index (χ0v) is 11.7. The van der Waals surface area contributed by atoms with E-state index in [1.165, 1.54) is 5.56 Å². The molecule has 0 bridgehead atoms. The molecule has 2 aliphatic carbocycles. The Balaban J connectivity index is 1.55. The second-order valence-corrected chi connectivity index (χ2v) is 5.83. The quantitative estimate of drug-likeness (QED) is 0.819. The number of hydrogen-bond donors (Lipinski definition) is 0. The van der Waals surface area contributed by atoms with Crippen molar-refractivity contribution in [3.63, 3.8) is 0 Å². The summed E-state index contributed by atoms with van der Waals surface area (Å²) < 4.78 is 7.07. The molecule has 2 atom stereocenters. The van der Waals surface area contributed by atoms with Crippen molar-refractivity contribution in [2.45, 2.75) is 37.3 Å². The molecule has 1 aromatic rings. The average Bonchev–Trinajstić information content (AvgIpc) is 3.02. The molecule has 2 fully saturated rings. The number of ether oxygens (including phenoxy) is 1. The van der Waals surface area contributed by atoms with Crippen LogP contribution in [0, 0.1) is 5.92 Å². The van der Waals surface area contributed by atoms with Crippen LogP contribution in [0.4, 0.5) is 0 Å². The highest BCUT2D eigenvalue weighted by Gasteiger charge is 2.47. The van der Waals surface area contributed by atoms with Gasteiger partial charge in [-0.15, -0.1) is 0 Å². The number of carbonyl (C=O) groups excluding carboxylic acids is 1. The number of aryl methyl sites for hydroxylation is 1. The van der Waals surface area contributed by atoms with E-state index in [0.29, 0.717) is 18.1 Å². The van der Waals surface area contributed by atoms with E-state index >= 15 is 0 Å². The molecule has 5 nitrogen and oxygen atoms in total. The van der Waals surface area contributed by atoms with Gasteiger partial charge in [-0.1, -0.05) is 0 Å². The van der Waals surface area contributed by atoms with Crippen molar-refractivity contribution in [2.75, 3.05) is 14.2 Å². The third kappa shape index (κ3) is 2.27. The summed E-state index contributed by atoms with van der Waals surface area (Å²) in [5, 5.41) is 4.18. The summed E-state index contributed by atoms with van der Waals surface area (Å²) in [6.45, 7) is 0. The first kappa shape index (κ1) is 12.7. The first-order valence-corrected chi connectivity index (χ1v) is 6.88. The lowest BCUT2D eigenvalue weighted by Gasteiger charge is -2.40. The maximum absolute atomic E-state index is 12.4. The number of hydrogen-bond acceptors (Lipinski definition) is 3. The summed E-state index contributed by atoms with van der Waals surface area (Å²) in [6, 6.07) is 0.368. The standard InChI is InChI=1S/C14H21N3O2/c1-16-8-9(7-15-16)12-6-13(12)14(18)17(2)10-4-11(5-10)19-3/h7-8,10-13H,4-6H2,1-3H3/t10?,11?,12-,13+/m0/s1. The Kier molecular flexibility index (Phi) is 3.09. The molecule has 0 unspecified atom stereocenters. The van der Waals surface area contributed by atoms with Crippen LogP contribution in [-0.4, -0.2) is 46.9 Å². The Morgan fingerprint density at radius 2 is 2.21 bits per heavy atom. The number of nitrogens with zero attached hydrogens (tertiary/aromatic N) is 3. The maximum Gasteiger partial charge on any atom is 0.226 e. The molecule has 19 heavy (non-hydrogen) atoms. The highest BCUT2D eigenvalue weighted by molar-refractivity contribution is 5.83. The fraction of sp³-hybridized carbons (Fsp3) is 0.714. The molecule has 2 aliphatic rings. The van der Waals surface area contributed by atoms with E-state index in [1.54, 1.807) is 11.8 Å². The van der Waals surface area contributed by atoms with E-state index in [0.717, 1.165) is 19.3 Å². The summed E-state index contributed by atoms with van der Waals surface area (Å²) in [7, 11) is 5.58. The topological polar surface area (TPSA) is 47.4 Å². The van der Waals surface area contributed by atoms with Crippen LogP contribution >= 0.6 is 0 Å². The van der Waals surface area contributed by atoms with Gasteiger partial charge in [0, 0.05) is 39.4 Å². The van der Waals surface area contributed by atoms with E-state index in [4.69, 9.17) is 4.74 Å². The molecule has 104 valence electrons. The largest absolute Gasteiger partial charge is 0.381 e. The monoisotopic (exact) mass is 263 g/mol. The van der Waals surface area contributed by atoms with Crippen molar-refractivity contribution in [3.8, 4) is 0 Å². The predicted octanol–water partition coefficient (Wildman–Crippen LogP) is 1.16. The van der Waals surface area contributed by atoms with Gasteiger partial charge < -0.3 is 9.64 Å². The first-order valence-electron chi connectivity index (χ1n) is 6.88. The molecular weight excluding hydrogens is 242 g/mol. The van der Waals surface area contributed by atoms with Crippen molar-refractivity contribution >= 4 is 5.91 Å². The number of amides is 1. The maximum atomic E-state index is 12.4. The minimum absolute atomic E-state index is 0.163. The fourth-order valence-electron chi connectivity index (χ4n) is 2.96. The van der Waals surface area contributed by atoms with Crippen molar-refractivity contribution in [3.05, 3.63) is 18.0 Å². The Bertz CT molecular complexity index is 479. The molecule has 0 spiro atoms. The SMILES string of the molecule is COC1CC(N(C)C(=O)[C@@H]2C[C@H]2c2cnn(C)c2)C1. The lowest BCUT2D eigenvalue weighted by molar-refractivity contribution is -0.138. The summed E-state index contributed by atoms with van der Waals surface area (Å²) in [5.41, 5.74) is 1.19. The van der Waals surface area contributed by atoms with Crippen LogP contribution in [-0.2, 0) is 16.6 Å². The third-order valence-electron chi connectivity index (χ3n) is 4.56. The highest BCUT2D eigenvalue weighted by Crippen LogP contribution is 2.48. The van der Waals surface area contributed by atoms with Gasteiger partial charge in [-0.25, -0.2) is 0 Å². The van der Waals surface area contributed by atoms with Gasteiger partial charge in [0.1, 0.15) is 0 Å². The van der Waals surface area contributed by atoms with Crippen LogP contribution in [0.15, 0.2) is 12.4 Å². The summed E-state index contributed by atoms with van der Waals surface area (Å²) in [4.78, 5) is 14.3. The number of methoxy groups -OCH3 is 1. The van der Waals surface area contributed by atoms with Crippen molar-refractivity contribution < 1.29 is 9.53 Å². The second-order valence-electron chi connectivity index (χ2n) is 5.83. The van der Waals surface area contributed by atoms with Gasteiger partial charge in [0.25, 0.3) is 0 Å². The Morgan fingerprint density at radius 1 is 1.47 bits per heavy atom. The van der Waals surface area contributed by atoms with Crippen molar-refractivity contribution in [1.29, 1.82) is 0 Å². The van der Waals surface area contributed by atoms with E-state index in [9.17, 15) is 4.79 Å². The normalized spacial score (nSPS) is 32.8. The van der Waals surface area contributed by atoms with E-state index in [2.05, 4.69) is 5.10 Å². The van der Waals surface area contributed by atoms with E-state index < -0.39 is 0 Å². The van der Waals surface area contributed by atoms with Gasteiger partial charge in [-0.2, -0.15) is 5.10 Å². The molecule has 2 saturated carbocycles. The van der Waals surface area contributed by atoms with E-state index in [1.807, 2.05) is 31.4 Å². The van der Waals surface area contributed by atoms with Gasteiger partial charge in [0.05, 0.1) is 12.3 Å². The van der Waals surface area contributed by atoms with E-state index in [-0.39, 0.29) is 11.8 Å². The van der Waals surface area contributed by atoms with Crippen molar-refractivity contribution in [2.24, 2.45) is 13.0 Å². The Labute approximate surface area is 113 Å². The zero-order chi connectivity index (χ0) is 13.6. The van der Waals surface area contributed by atoms with Gasteiger partial charge in [0.15, 0.2) is 0 Å². The van der Waals surface area contributed by atoms with Crippen LogP contribution in [0.3, 0.4) is 0 Å². The number of aromatic nitrogens is 2. The molecule has 1 amide bonds. The summed E-state index contributed by atoms with van der Waals surface area (Å²) in [5.74, 6) is 0.825. The molecule has 1 aromatic heterocycles. The second kappa shape index (κ2) is 4.63. The van der Waals surface area contributed by atoms with Crippen LogP contribution in [0.5, 0.6) is 0 Å². The lowest BCUT2D eigenvalue weighted by Crippen LogP contribution is -2.49. The summed E-state index contributed by atoms with van der Waals surface area (Å²) in [6.07, 6.45) is 7.15. The lowest BCUT2D eigenvalue weighted by atomic mass is 9.88. The Hall–Kier alpha value is -1.36. The molecule has 1 heterocycles. The fourth-order valence-corrected chi connectivity index (χ4v) is 2.96. The van der Waals surface area contributed by atoms with Crippen LogP contribution < -0.4 is 0 Å². The van der Waals surface area contributed by atoms with Gasteiger partial charge in [0.2, 0.25) is 5.91 Å². The molecule has 3 rings (SSSR count). The average molecular weight is 263 g/mol. The Morgan fingerprint density at radius 3 is 2.79 bits per heavy atom. The highest BCUT2D eigenvalue weighted by atomic mass is 16.5. The molecule has 0 aromatic carbocycles. The predicted molar refractivity (Wildman–Crippen MR) is 70.6 cm³/mol. The first-order chi connectivity index (χ1) is 9.10. The summed E-state index contributed by atoms with van der Waals surface area (Å²) >= 11 is 0. The minimum atomic E-state index is 0.163. The smallest absolute Gasteiger partial charge is 0.226 e. The van der Waals surface area contributed by atoms with Crippen LogP contribution in [0.1, 0.15) is 30.7 Å². The third-order valence-corrected chi connectivity index (χ3v) is 4.56. The van der Waals surface area contributed by atoms with Crippen LogP contribution in [0.25, 0.3) is 0 Å². The zero-order valence-electron chi connectivity index (χ0n) is 11.7. The van der Waals surface area contributed by atoms with Crippen LogP contribution in [0.2, 0.25) is 0 Å². The van der Waals surface area contributed by atoms with Gasteiger partial charge in [-0.3, -0.25) is 9.48 Å². The minimum Gasteiger partial charge on any atom is -0.381 e. The molecule has 0 saturated heterocycles. The number of carbonyl (C=O) groups is 1. The number of rotatable bonds is 4.